The Hall–Kier alpha value is -0.620. The predicted molar refractivity (Wildman–Crippen MR) is 84.1 cm³/mol. The minimum atomic E-state index is -0.839. The van der Waals surface area contributed by atoms with Crippen molar-refractivity contribution in [2.45, 2.75) is 44.2 Å². The summed E-state index contributed by atoms with van der Waals surface area (Å²) >= 11 is 5.72. The monoisotopic (exact) mass is 333 g/mol. The van der Waals surface area contributed by atoms with Crippen molar-refractivity contribution in [1.29, 1.82) is 0 Å². The molecule has 118 valence electrons. The van der Waals surface area contributed by atoms with Crippen LogP contribution in [0.2, 0.25) is 5.15 Å². The number of nitrogens with one attached hydrogen (secondary N) is 1. The molecule has 2 N–H and O–H groups in total. The van der Waals surface area contributed by atoms with Crippen LogP contribution in [0.25, 0.3) is 0 Å². The molecule has 1 saturated carbocycles. The van der Waals surface area contributed by atoms with Gasteiger partial charge >= 0.3 is 0 Å². The Kier molecular flexibility index (Phi) is 4.98. The third-order valence-corrected chi connectivity index (χ3v) is 5.21. The molecule has 0 radical (unpaired) electrons. The van der Waals surface area contributed by atoms with Crippen LogP contribution in [0.1, 0.15) is 32.1 Å². The van der Waals surface area contributed by atoms with Gasteiger partial charge in [0.1, 0.15) is 5.15 Å². The van der Waals surface area contributed by atoms with Gasteiger partial charge in [-0.15, -0.1) is 12.4 Å². The summed E-state index contributed by atoms with van der Waals surface area (Å²) in [6.45, 7) is 1.92. The van der Waals surface area contributed by atoms with E-state index in [1.54, 1.807) is 0 Å². The highest BCUT2D eigenvalue weighted by atomic mass is 35.5. The van der Waals surface area contributed by atoms with Gasteiger partial charge in [-0.25, -0.2) is 4.98 Å². The Labute approximate surface area is 135 Å². The first-order valence-corrected chi connectivity index (χ1v) is 7.58. The summed E-state index contributed by atoms with van der Waals surface area (Å²) in [6, 6.07) is 1.30. The zero-order valence-corrected chi connectivity index (χ0v) is 13.4. The lowest BCUT2D eigenvalue weighted by Gasteiger charge is -2.49. The molecule has 1 aliphatic carbocycles. The Bertz CT molecular complexity index is 557. The molecule has 21 heavy (non-hydrogen) atoms. The highest BCUT2D eigenvalue weighted by Gasteiger charge is 2.53. The smallest absolute Gasteiger partial charge is 0.254 e. The summed E-state index contributed by atoms with van der Waals surface area (Å²) in [5, 5.41) is 14.8. The van der Waals surface area contributed by atoms with Crippen molar-refractivity contribution in [2.75, 3.05) is 13.1 Å². The fourth-order valence-electron chi connectivity index (χ4n) is 3.80. The van der Waals surface area contributed by atoms with Crippen LogP contribution in [0.15, 0.2) is 17.2 Å². The van der Waals surface area contributed by atoms with Crippen molar-refractivity contribution in [3.63, 3.8) is 0 Å². The van der Waals surface area contributed by atoms with E-state index in [1.165, 1.54) is 17.0 Å². The molecule has 7 heteroatoms. The van der Waals surface area contributed by atoms with E-state index in [4.69, 9.17) is 11.6 Å². The summed E-state index contributed by atoms with van der Waals surface area (Å²) in [5.74, 6) is 0. The number of aliphatic hydroxyl groups is 1. The summed E-state index contributed by atoms with van der Waals surface area (Å²) in [5.41, 5.74) is -1.15. The second-order valence-electron chi connectivity index (χ2n) is 6.12. The normalized spacial score (nSPS) is 27.5. The van der Waals surface area contributed by atoms with Gasteiger partial charge in [0.05, 0.1) is 18.5 Å². The molecular weight excluding hydrogens is 313 g/mol. The molecule has 2 fully saturated rings. The highest BCUT2D eigenvalue weighted by Crippen LogP contribution is 2.49. The van der Waals surface area contributed by atoms with E-state index in [0.29, 0.717) is 13.0 Å². The molecule has 3 rings (SSSR count). The minimum Gasteiger partial charge on any atom is -0.387 e. The van der Waals surface area contributed by atoms with Crippen LogP contribution in [0.3, 0.4) is 0 Å². The number of aromatic nitrogens is 2. The van der Waals surface area contributed by atoms with Crippen LogP contribution in [0, 0.1) is 5.41 Å². The fourth-order valence-corrected chi connectivity index (χ4v) is 3.93. The number of nitrogens with zero attached hydrogens (tertiary/aromatic N) is 2. The molecule has 1 aromatic heterocycles. The molecule has 1 atom stereocenters. The maximum atomic E-state index is 12.0. The van der Waals surface area contributed by atoms with Gasteiger partial charge in [-0.05, 0) is 25.8 Å². The number of piperidine rings is 1. The zero-order chi connectivity index (χ0) is 14.2. The average molecular weight is 334 g/mol. The van der Waals surface area contributed by atoms with Crippen LogP contribution in [-0.4, -0.2) is 33.3 Å². The van der Waals surface area contributed by atoms with Crippen molar-refractivity contribution in [3.8, 4) is 0 Å². The largest absolute Gasteiger partial charge is 0.387 e. The quantitative estimate of drug-likeness (QED) is 0.807. The van der Waals surface area contributed by atoms with E-state index in [-0.39, 0.29) is 28.5 Å². The predicted octanol–water partition coefficient (Wildman–Crippen LogP) is 1.60. The van der Waals surface area contributed by atoms with Gasteiger partial charge in [0.25, 0.3) is 5.56 Å². The lowest BCUT2D eigenvalue weighted by Crippen LogP contribution is -2.60. The van der Waals surface area contributed by atoms with Crippen molar-refractivity contribution < 1.29 is 5.11 Å². The van der Waals surface area contributed by atoms with Crippen LogP contribution in [-0.2, 0) is 6.54 Å². The molecule has 0 amide bonds. The topological polar surface area (TPSA) is 67.2 Å². The van der Waals surface area contributed by atoms with Gasteiger partial charge in [0.15, 0.2) is 0 Å². The number of hydrogen-bond acceptors (Lipinski definition) is 4. The Morgan fingerprint density at radius 1 is 1.38 bits per heavy atom. The third-order valence-electron chi connectivity index (χ3n) is 5.00. The number of rotatable bonds is 2. The van der Waals surface area contributed by atoms with E-state index in [0.717, 1.165) is 38.8 Å². The Morgan fingerprint density at radius 3 is 2.76 bits per heavy atom. The first-order chi connectivity index (χ1) is 9.55. The maximum Gasteiger partial charge on any atom is 0.254 e. The highest BCUT2D eigenvalue weighted by molar-refractivity contribution is 6.29. The minimum absolute atomic E-state index is 0. The van der Waals surface area contributed by atoms with Gasteiger partial charge in [0, 0.05) is 18.0 Å². The summed E-state index contributed by atoms with van der Waals surface area (Å²) in [4.78, 5) is 15.9. The van der Waals surface area contributed by atoms with E-state index >= 15 is 0 Å². The summed E-state index contributed by atoms with van der Waals surface area (Å²) in [7, 11) is 0. The van der Waals surface area contributed by atoms with Crippen molar-refractivity contribution >= 4 is 24.0 Å². The van der Waals surface area contributed by atoms with Crippen molar-refractivity contribution in [1.82, 2.24) is 14.9 Å². The molecule has 2 aliphatic rings. The average Bonchev–Trinajstić information content (AvgIpc) is 2.87. The summed E-state index contributed by atoms with van der Waals surface area (Å²) in [6.07, 6.45) is 6.45. The Balaban J connectivity index is 0.00000161. The van der Waals surface area contributed by atoms with Crippen molar-refractivity contribution in [2.24, 2.45) is 5.41 Å². The van der Waals surface area contributed by atoms with E-state index in [2.05, 4.69) is 10.3 Å². The lowest BCUT2D eigenvalue weighted by atomic mass is 9.66. The van der Waals surface area contributed by atoms with Gasteiger partial charge in [-0.1, -0.05) is 24.4 Å². The molecule has 5 nitrogen and oxygen atoms in total. The molecular formula is C14H21Cl2N3O2. The van der Waals surface area contributed by atoms with Crippen LogP contribution in [0.5, 0.6) is 0 Å². The molecule has 0 bridgehead atoms. The van der Waals surface area contributed by atoms with E-state index in [9.17, 15) is 9.90 Å². The van der Waals surface area contributed by atoms with Crippen molar-refractivity contribution in [3.05, 3.63) is 27.9 Å². The molecule has 1 saturated heterocycles. The second-order valence-corrected chi connectivity index (χ2v) is 6.51. The first kappa shape index (κ1) is 16.7. The van der Waals surface area contributed by atoms with Crippen LogP contribution >= 0.6 is 24.0 Å². The van der Waals surface area contributed by atoms with Gasteiger partial charge in [-0.2, -0.15) is 0 Å². The molecule has 1 aliphatic heterocycles. The van der Waals surface area contributed by atoms with Crippen LogP contribution < -0.4 is 10.9 Å². The lowest BCUT2D eigenvalue weighted by molar-refractivity contribution is -0.115. The molecule has 1 aromatic rings. The van der Waals surface area contributed by atoms with E-state index < -0.39 is 5.60 Å². The zero-order valence-electron chi connectivity index (χ0n) is 11.8. The Morgan fingerprint density at radius 2 is 2.10 bits per heavy atom. The van der Waals surface area contributed by atoms with E-state index in [1.807, 2.05) is 0 Å². The fraction of sp³-hybridized carbons (Fsp3) is 0.714. The maximum absolute atomic E-state index is 12.0. The third kappa shape index (κ3) is 2.97. The van der Waals surface area contributed by atoms with Gasteiger partial charge < -0.3 is 10.4 Å². The SMILES string of the molecule is Cl.O=c1cc(Cl)ncn1C[C@]1(O)CCNCC12CCCC2. The number of hydrogen-bond donors (Lipinski definition) is 2. The van der Waals surface area contributed by atoms with Gasteiger partial charge in [-0.3, -0.25) is 9.36 Å². The first-order valence-electron chi connectivity index (χ1n) is 7.20. The molecule has 0 aromatic carbocycles. The van der Waals surface area contributed by atoms with Gasteiger partial charge in [0.2, 0.25) is 0 Å². The molecule has 0 unspecified atom stereocenters. The molecule has 1 spiro atoms. The standard InChI is InChI=1S/C14H20ClN3O2.ClH/c15-11-7-12(19)18(10-17-11)9-14(20)5-6-16-8-13(14)3-1-2-4-13;/h7,10,16,20H,1-6,8-9H2;1H/t14-;/m1./s1. The van der Waals surface area contributed by atoms with Crippen LogP contribution in [0.4, 0.5) is 0 Å². The summed E-state index contributed by atoms with van der Waals surface area (Å²) < 4.78 is 1.48. The number of halogens is 2. The molecule has 2 heterocycles. The second kappa shape index (κ2) is 6.24.